The molecule has 0 unspecified atom stereocenters. The molecule has 5 heteroatoms. The molecular formula is C15H12FN3O. The van der Waals surface area contributed by atoms with E-state index in [0.717, 1.165) is 10.9 Å². The van der Waals surface area contributed by atoms with E-state index in [1.54, 1.807) is 18.3 Å². The standard InChI is InChI=1S/C15H12FN3O/c16-14-11(9-17)5-7-19-15(14)20-12-4-3-10-2-1-6-18-13(10)8-12/h1-8H,9,17H2. The first-order valence-electron chi connectivity index (χ1n) is 6.14. The summed E-state index contributed by atoms with van der Waals surface area (Å²) >= 11 is 0. The van der Waals surface area contributed by atoms with Crippen molar-refractivity contribution in [2.75, 3.05) is 0 Å². The maximum Gasteiger partial charge on any atom is 0.256 e. The molecule has 0 fully saturated rings. The summed E-state index contributed by atoms with van der Waals surface area (Å²) in [7, 11) is 0. The van der Waals surface area contributed by atoms with E-state index in [9.17, 15) is 4.39 Å². The van der Waals surface area contributed by atoms with Crippen LogP contribution in [0, 0.1) is 5.82 Å². The van der Waals surface area contributed by atoms with E-state index >= 15 is 0 Å². The number of pyridine rings is 2. The normalized spacial score (nSPS) is 10.7. The third kappa shape index (κ3) is 2.31. The third-order valence-electron chi connectivity index (χ3n) is 2.95. The summed E-state index contributed by atoms with van der Waals surface area (Å²) in [5.74, 6) is -0.129. The van der Waals surface area contributed by atoms with Gasteiger partial charge in [-0.05, 0) is 24.3 Å². The number of benzene rings is 1. The maximum atomic E-state index is 14.0. The minimum Gasteiger partial charge on any atom is -0.436 e. The van der Waals surface area contributed by atoms with Gasteiger partial charge >= 0.3 is 0 Å². The number of nitrogens with two attached hydrogens (primary N) is 1. The fourth-order valence-corrected chi connectivity index (χ4v) is 1.91. The summed E-state index contributed by atoms with van der Waals surface area (Å²) < 4.78 is 19.5. The predicted molar refractivity (Wildman–Crippen MR) is 73.9 cm³/mol. The smallest absolute Gasteiger partial charge is 0.256 e. The van der Waals surface area contributed by atoms with Gasteiger partial charge in [0.25, 0.3) is 5.88 Å². The summed E-state index contributed by atoms with van der Waals surface area (Å²) in [5.41, 5.74) is 6.60. The lowest BCUT2D eigenvalue weighted by atomic mass is 10.2. The number of ether oxygens (including phenoxy) is 1. The van der Waals surface area contributed by atoms with Crippen LogP contribution in [0.15, 0.2) is 48.8 Å². The van der Waals surface area contributed by atoms with Gasteiger partial charge in [0.1, 0.15) is 5.75 Å². The second kappa shape index (κ2) is 5.22. The molecule has 0 radical (unpaired) electrons. The molecule has 0 aliphatic heterocycles. The first kappa shape index (κ1) is 12.5. The molecule has 2 N–H and O–H groups in total. The molecule has 0 bridgehead atoms. The van der Waals surface area contributed by atoms with Gasteiger partial charge in [0.15, 0.2) is 5.82 Å². The number of aromatic nitrogens is 2. The fraction of sp³-hybridized carbons (Fsp3) is 0.0667. The lowest BCUT2D eigenvalue weighted by Gasteiger charge is -2.08. The van der Waals surface area contributed by atoms with Gasteiger partial charge in [-0.3, -0.25) is 4.98 Å². The van der Waals surface area contributed by atoms with Crippen molar-refractivity contribution in [2.24, 2.45) is 5.73 Å². The third-order valence-corrected chi connectivity index (χ3v) is 2.95. The Kier molecular flexibility index (Phi) is 3.26. The average Bonchev–Trinajstić information content (AvgIpc) is 2.49. The first-order valence-corrected chi connectivity index (χ1v) is 6.14. The second-order valence-corrected chi connectivity index (χ2v) is 4.25. The van der Waals surface area contributed by atoms with Gasteiger partial charge in [-0.2, -0.15) is 0 Å². The summed E-state index contributed by atoms with van der Waals surface area (Å²) in [5, 5.41) is 0.990. The molecule has 0 atom stereocenters. The molecule has 0 saturated carbocycles. The van der Waals surface area contributed by atoms with E-state index in [1.165, 1.54) is 12.3 Å². The fourth-order valence-electron chi connectivity index (χ4n) is 1.91. The lowest BCUT2D eigenvalue weighted by Crippen LogP contribution is -2.02. The molecule has 20 heavy (non-hydrogen) atoms. The molecule has 0 spiro atoms. The number of hydrogen-bond acceptors (Lipinski definition) is 4. The highest BCUT2D eigenvalue weighted by molar-refractivity contribution is 5.79. The van der Waals surface area contributed by atoms with Crippen LogP contribution in [0.2, 0.25) is 0 Å². The number of hydrogen-bond donors (Lipinski definition) is 1. The van der Waals surface area contributed by atoms with Crippen molar-refractivity contribution in [1.82, 2.24) is 9.97 Å². The van der Waals surface area contributed by atoms with Crippen LogP contribution in [0.3, 0.4) is 0 Å². The molecule has 100 valence electrons. The summed E-state index contributed by atoms with van der Waals surface area (Å²) in [6.07, 6.45) is 3.17. The molecule has 0 saturated heterocycles. The minimum atomic E-state index is -0.531. The van der Waals surface area contributed by atoms with Gasteiger partial charge in [0.05, 0.1) is 5.52 Å². The molecule has 3 aromatic rings. The highest BCUT2D eigenvalue weighted by Gasteiger charge is 2.11. The van der Waals surface area contributed by atoms with Crippen LogP contribution in [0.5, 0.6) is 11.6 Å². The van der Waals surface area contributed by atoms with Crippen LogP contribution in [0.1, 0.15) is 5.56 Å². The maximum absolute atomic E-state index is 14.0. The lowest BCUT2D eigenvalue weighted by molar-refractivity contribution is 0.419. The zero-order valence-electron chi connectivity index (χ0n) is 10.6. The van der Waals surface area contributed by atoms with Gasteiger partial charge in [-0.15, -0.1) is 0 Å². The number of halogens is 1. The molecule has 3 rings (SSSR count). The topological polar surface area (TPSA) is 61.0 Å². The minimum absolute atomic E-state index is 0.0803. The van der Waals surface area contributed by atoms with Crippen molar-refractivity contribution >= 4 is 10.9 Å². The zero-order chi connectivity index (χ0) is 13.9. The van der Waals surface area contributed by atoms with Crippen molar-refractivity contribution in [3.63, 3.8) is 0 Å². The van der Waals surface area contributed by atoms with Crippen LogP contribution < -0.4 is 10.5 Å². The molecular weight excluding hydrogens is 257 g/mol. The highest BCUT2D eigenvalue weighted by atomic mass is 19.1. The van der Waals surface area contributed by atoms with Gasteiger partial charge in [-0.1, -0.05) is 6.07 Å². The Morgan fingerprint density at radius 2 is 2.00 bits per heavy atom. The Balaban J connectivity index is 1.97. The molecule has 0 amide bonds. The van der Waals surface area contributed by atoms with Crippen molar-refractivity contribution in [2.45, 2.75) is 6.54 Å². The first-order chi connectivity index (χ1) is 9.78. The van der Waals surface area contributed by atoms with Gasteiger partial charge in [0, 0.05) is 36.0 Å². The number of fused-ring (bicyclic) bond motifs is 1. The van der Waals surface area contributed by atoms with Crippen molar-refractivity contribution in [1.29, 1.82) is 0 Å². The molecule has 2 heterocycles. The molecule has 1 aromatic carbocycles. The van der Waals surface area contributed by atoms with E-state index in [4.69, 9.17) is 10.5 Å². The van der Waals surface area contributed by atoms with Crippen molar-refractivity contribution in [3.8, 4) is 11.6 Å². The predicted octanol–water partition coefficient (Wildman–Crippen LogP) is 3.02. The SMILES string of the molecule is NCc1ccnc(Oc2ccc3cccnc3c2)c1F. The Hall–Kier alpha value is -2.53. The Bertz CT molecular complexity index is 761. The monoisotopic (exact) mass is 269 g/mol. The number of rotatable bonds is 3. The Labute approximate surface area is 115 Å². The summed E-state index contributed by atoms with van der Waals surface area (Å²) in [6, 6.07) is 10.7. The van der Waals surface area contributed by atoms with Crippen molar-refractivity contribution < 1.29 is 9.13 Å². The van der Waals surface area contributed by atoms with Crippen LogP contribution in [0.25, 0.3) is 10.9 Å². The van der Waals surface area contributed by atoms with E-state index in [2.05, 4.69) is 9.97 Å². The molecule has 0 aliphatic carbocycles. The molecule has 2 aromatic heterocycles. The van der Waals surface area contributed by atoms with E-state index in [-0.39, 0.29) is 12.4 Å². The van der Waals surface area contributed by atoms with Gasteiger partial charge < -0.3 is 10.5 Å². The van der Waals surface area contributed by atoms with Gasteiger partial charge in [-0.25, -0.2) is 9.37 Å². The summed E-state index contributed by atoms with van der Waals surface area (Å²) in [4.78, 5) is 8.11. The average molecular weight is 269 g/mol. The number of nitrogens with zero attached hydrogens (tertiary/aromatic N) is 2. The van der Waals surface area contributed by atoms with Crippen LogP contribution >= 0.6 is 0 Å². The zero-order valence-corrected chi connectivity index (χ0v) is 10.6. The largest absolute Gasteiger partial charge is 0.436 e. The molecule has 0 aliphatic rings. The second-order valence-electron chi connectivity index (χ2n) is 4.25. The van der Waals surface area contributed by atoms with Crippen LogP contribution in [-0.4, -0.2) is 9.97 Å². The van der Waals surface area contributed by atoms with Gasteiger partial charge in [0.2, 0.25) is 0 Å². The van der Waals surface area contributed by atoms with Crippen molar-refractivity contribution in [3.05, 3.63) is 60.2 Å². The highest BCUT2D eigenvalue weighted by Crippen LogP contribution is 2.26. The van der Waals surface area contributed by atoms with E-state index in [0.29, 0.717) is 11.3 Å². The Morgan fingerprint density at radius 1 is 1.10 bits per heavy atom. The quantitative estimate of drug-likeness (QED) is 0.794. The molecule has 4 nitrogen and oxygen atoms in total. The Morgan fingerprint density at radius 3 is 2.85 bits per heavy atom. The van der Waals surface area contributed by atoms with E-state index < -0.39 is 5.82 Å². The van der Waals surface area contributed by atoms with Crippen LogP contribution in [0.4, 0.5) is 4.39 Å². The van der Waals surface area contributed by atoms with Crippen LogP contribution in [-0.2, 0) is 6.54 Å². The summed E-state index contributed by atoms with van der Waals surface area (Å²) in [6.45, 7) is 0.101. The van der Waals surface area contributed by atoms with E-state index in [1.807, 2.05) is 18.2 Å².